The quantitative estimate of drug-likeness (QED) is 0.590. The van der Waals surface area contributed by atoms with Gasteiger partial charge in [0.05, 0.1) is 46.0 Å². The summed E-state index contributed by atoms with van der Waals surface area (Å²) in [6, 6.07) is 9.26. The molecule has 2 aromatic carbocycles. The molecule has 11 heteroatoms. The Kier molecular flexibility index (Phi) is 6.89. The number of halogens is 3. The molecule has 3 fully saturated rings. The molecule has 0 spiro atoms. The fraction of sp³-hybridized carbons (Fsp3) is 0.500. The van der Waals surface area contributed by atoms with Crippen molar-refractivity contribution in [3.05, 3.63) is 63.4 Å². The molecule has 0 aliphatic carbocycles. The average Bonchev–Trinajstić information content (AvgIpc) is 3.06. The van der Waals surface area contributed by atoms with E-state index in [9.17, 15) is 14.3 Å². The van der Waals surface area contributed by atoms with Crippen molar-refractivity contribution in [3.8, 4) is 0 Å². The van der Waals surface area contributed by atoms with Crippen LogP contribution in [0, 0.1) is 5.82 Å². The van der Waals surface area contributed by atoms with Gasteiger partial charge in [-0.15, -0.1) is 0 Å². The first-order chi connectivity index (χ1) is 17.3. The zero-order valence-electron chi connectivity index (χ0n) is 21.3. The van der Waals surface area contributed by atoms with E-state index >= 15 is 0 Å². The van der Waals surface area contributed by atoms with Crippen LogP contribution >= 0.6 is 23.2 Å². The standard InChI is InChI=1S/C26H30BCl2FN2O5/c1-24(2)25(3,4)37-27(36-24)19-7-5-6-18(22(19)29)23(33)31-10-11-32-15-26(34,35-14-17(32)13-31)16-8-9-21(30)20(28)12-16/h5-9,12,17,34H,10-11,13-15H2,1-4H3/t17-,26-/m0/s1. The van der Waals surface area contributed by atoms with Crippen LogP contribution < -0.4 is 5.46 Å². The van der Waals surface area contributed by atoms with Crippen LogP contribution in [-0.4, -0.2) is 78.0 Å². The molecule has 0 bridgehead atoms. The summed E-state index contributed by atoms with van der Waals surface area (Å²) in [5.41, 5.74) is 0.339. The highest BCUT2D eigenvalue weighted by molar-refractivity contribution is 6.66. The number of fused-ring (bicyclic) bond motifs is 1. The van der Waals surface area contributed by atoms with E-state index in [4.69, 9.17) is 37.2 Å². The van der Waals surface area contributed by atoms with Gasteiger partial charge in [-0.05, 0) is 45.9 Å². The fourth-order valence-corrected chi connectivity index (χ4v) is 5.43. The van der Waals surface area contributed by atoms with Gasteiger partial charge in [0.2, 0.25) is 5.79 Å². The Morgan fingerprint density at radius 3 is 2.49 bits per heavy atom. The van der Waals surface area contributed by atoms with E-state index in [1.54, 1.807) is 17.0 Å². The Morgan fingerprint density at radius 2 is 1.81 bits per heavy atom. The zero-order chi connectivity index (χ0) is 26.8. The Bertz CT molecular complexity index is 1220. The van der Waals surface area contributed by atoms with E-state index in [0.717, 1.165) is 0 Å². The number of benzene rings is 2. The molecular formula is C26H30BCl2FN2O5. The molecule has 0 aromatic heterocycles. The van der Waals surface area contributed by atoms with Crippen LogP contribution in [0.3, 0.4) is 0 Å². The van der Waals surface area contributed by atoms with E-state index in [1.165, 1.54) is 18.2 Å². The summed E-state index contributed by atoms with van der Waals surface area (Å²) < 4.78 is 31.7. The first-order valence-electron chi connectivity index (χ1n) is 12.3. The Hall–Kier alpha value is -1.72. The van der Waals surface area contributed by atoms with Gasteiger partial charge >= 0.3 is 7.12 Å². The third kappa shape index (κ3) is 4.80. The van der Waals surface area contributed by atoms with Gasteiger partial charge in [0.15, 0.2) is 0 Å². The lowest BCUT2D eigenvalue weighted by molar-refractivity contribution is -0.265. The predicted molar refractivity (Wildman–Crippen MR) is 140 cm³/mol. The second-order valence-electron chi connectivity index (χ2n) is 10.9. The molecule has 1 amide bonds. The molecule has 37 heavy (non-hydrogen) atoms. The summed E-state index contributed by atoms with van der Waals surface area (Å²) in [4.78, 5) is 17.4. The topological polar surface area (TPSA) is 71.5 Å². The number of nitrogens with zero attached hydrogens (tertiary/aromatic N) is 2. The van der Waals surface area contributed by atoms with Crippen molar-refractivity contribution in [2.75, 3.05) is 32.8 Å². The second kappa shape index (κ2) is 9.48. The number of carbonyl (C=O) groups is 1. The van der Waals surface area contributed by atoms with Crippen molar-refractivity contribution in [3.63, 3.8) is 0 Å². The van der Waals surface area contributed by atoms with Crippen LogP contribution in [0.2, 0.25) is 10.0 Å². The van der Waals surface area contributed by atoms with E-state index < -0.39 is 29.9 Å². The molecule has 0 radical (unpaired) electrons. The molecule has 3 aliphatic rings. The molecule has 3 aliphatic heterocycles. The number of hydrogen-bond donors (Lipinski definition) is 1. The highest BCUT2D eigenvalue weighted by Gasteiger charge is 2.52. The van der Waals surface area contributed by atoms with E-state index in [0.29, 0.717) is 41.2 Å². The average molecular weight is 551 g/mol. The van der Waals surface area contributed by atoms with Crippen molar-refractivity contribution in [2.45, 2.75) is 50.7 Å². The Morgan fingerprint density at radius 1 is 1.11 bits per heavy atom. The van der Waals surface area contributed by atoms with Crippen molar-refractivity contribution in [1.29, 1.82) is 0 Å². The van der Waals surface area contributed by atoms with Crippen molar-refractivity contribution in [1.82, 2.24) is 9.80 Å². The minimum absolute atomic E-state index is 0.0771. The van der Waals surface area contributed by atoms with Gasteiger partial charge in [-0.25, -0.2) is 4.39 Å². The van der Waals surface area contributed by atoms with Crippen LogP contribution in [0.4, 0.5) is 4.39 Å². The molecule has 2 aromatic rings. The Labute approximate surface area is 226 Å². The molecule has 3 heterocycles. The van der Waals surface area contributed by atoms with Gasteiger partial charge in [-0.2, -0.15) is 0 Å². The summed E-state index contributed by atoms with van der Waals surface area (Å²) in [5, 5.41) is 11.4. The van der Waals surface area contributed by atoms with Crippen molar-refractivity contribution >= 4 is 41.7 Å². The normalized spacial score (nSPS) is 27.3. The maximum absolute atomic E-state index is 13.6. The van der Waals surface area contributed by atoms with Gasteiger partial charge in [-0.1, -0.05) is 41.4 Å². The summed E-state index contributed by atoms with van der Waals surface area (Å²) in [7, 11) is -0.675. The van der Waals surface area contributed by atoms with Crippen LogP contribution in [0.1, 0.15) is 43.6 Å². The molecule has 3 saturated heterocycles. The summed E-state index contributed by atoms with van der Waals surface area (Å²) >= 11 is 12.7. The summed E-state index contributed by atoms with van der Waals surface area (Å²) in [5.74, 6) is -2.36. The largest absolute Gasteiger partial charge is 0.496 e. The Balaban J connectivity index is 1.29. The maximum atomic E-state index is 13.6. The lowest BCUT2D eigenvalue weighted by Gasteiger charge is -2.49. The van der Waals surface area contributed by atoms with Crippen LogP contribution in [0.15, 0.2) is 36.4 Å². The molecule has 1 N–H and O–H groups in total. The highest BCUT2D eigenvalue weighted by atomic mass is 35.5. The summed E-state index contributed by atoms with van der Waals surface area (Å²) in [6.07, 6.45) is 0. The van der Waals surface area contributed by atoms with Gasteiger partial charge in [0, 0.05) is 30.7 Å². The first kappa shape index (κ1) is 26.9. The van der Waals surface area contributed by atoms with Gasteiger partial charge < -0.3 is 24.1 Å². The third-order valence-electron chi connectivity index (χ3n) is 7.96. The van der Waals surface area contributed by atoms with Gasteiger partial charge in [0.1, 0.15) is 5.82 Å². The number of morpholine rings is 1. The lowest BCUT2D eigenvalue weighted by atomic mass is 9.78. The maximum Gasteiger partial charge on any atom is 0.496 e. The van der Waals surface area contributed by atoms with Crippen LogP contribution in [0.25, 0.3) is 0 Å². The number of carbonyl (C=O) groups excluding carboxylic acids is 1. The summed E-state index contributed by atoms with van der Waals surface area (Å²) in [6.45, 7) is 9.63. The molecule has 0 saturated carbocycles. The molecule has 198 valence electrons. The molecule has 2 atom stereocenters. The molecular weight excluding hydrogens is 521 g/mol. The lowest BCUT2D eigenvalue weighted by Crippen LogP contribution is -2.63. The SMILES string of the molecule is CC1(C)OB(c2cccc(C(=O)N3CCN4C[C@@](O)(c5ccc(F)c(Cl)c5)OC[C@@H]4C3)c2Cl)OC1(C)C. The zero-order valence-corrected chi connectivity index (χ0v) is 22.8. The first-order valence-corrected chi connectivity index (χ1v) is 13.1. The monoisotopic (exact) mass is 550 g/mol. The molecule has 7 nitrogen and oxygen atoms in total. The number of piperazine rings is 1. The van der Waals surface area contributed by atoms with Crippen molar-refractivity contribution < 1.29 is 28.3 Å². The van der Waals surface area contributed by atoms with E-state index in [-0.39, 0.29) is 30.1 Å². The van der Waals surface area contributed by atoms with Gasteiger partial charge in [-0.3, -0.25) is 9.69 Å². The van der Waals surface area contributed by atoms with E-state index in [2.05, 4.69) is 4.90 Å². The number of hydrogen-bond acceptors (Lipinski definition) is 6. The van der Waals surface area contributed by atoms with Crippen molar-refractivity contribution in [2.24, 2.45) is 0 Å². The number of amides is 1. The number of rotatable bonds is 3. The second-order valence-corrected chi connectivity index (χ2v) is 11.7. The fourth-order valence-electron chi connectivity index (χ4n) is 4.95. The minimum atomic E-state index is -1.61. The molecule has 0 unspecified atom stereocenters. The minimum Gasteiger partial charge on any atom is -0.399 e. The number of ether oxygens (including phenoxy) is 1. The number of aliphatic hydroxyl groups is 1. The van der Waals surface area contributed by atoms with Crippen LogP contribution in [-0.2, 0) is 19.8 Å². The van der Waals surface area contributed by atoms with Gasteiger partial charge in [0.25, 0.3) is 5.91 Å². The van der Waals surface area contributed by atoms with Crippen LogP contribution in [0.5, 0.6) is 0 Å². The third-order valence-corrected chi connectivity index (χ3v) is 8.67. The molecule has 5 rings (SSSR count). The highest BCUT2D eigenvalue weighted by Crippen LogP contribution is 2.37. The van der Waals surface area contributed by atoms with E-state index in [1.807, 2.05) is 33.8 Å². The predicted octanol–water partition coefficient (Wildman–Crippen LogP) is 3.43. The smallest absolute Gasteiger partial charge is 0.399 e.